The summed E-state index contributed by atoms with van der Waals surface area (Å²) in [5.74, 6) is -0.456. The van der Waals surface area contributed by atoms with Gasteiger partial charge in [-0.15, -0.1) is 0 Å². The molecule has 2 aromatic carbocycles. The number of nitro benzene ring substituents is 1. The number of rotatable bonds is 5. The molecular weight excluding hydrogens is 351 g/mol. The number of benzene rings is 2. The van der Waals surface area contributed by atoms with Crippen LogP contribution < -0.4 is 10.2 Å². The zero-order valence-corrected chi connectivity index (χ0v) is 14.6. The number of nitrogens with one attached hydrogen (secondary N) is 1. The average Bonchev–Trinajstić information content (AvgIpc) is 2.67. The van der Waals surface area contributed by atoms with Gasteiger partial charge in [-0.3, -0.25) is 10.1 Å². The highest BCUT2D eigenvalue weighted by Crippen LogP contribution is 2.29. The maximum absolute atomic E-state index is 14.3. The van der Waals surface area contributed by atoms with Gasteiger partial charge in [0.05, 0.1) is 28.9 Å². The van der Waals surface area contributed by atoms with Gasteiger partial charge in [-0.25, -0.2) is 4.39 Å². The monoisotopic (exact) mass is 370 g/mol. The lowest BCUT2D eigenvalue weighted by Crippen LogP contribution is -2.42. The topological polar surface area (TPSA) is 102 Å². The van der Waals surface area contributed by atoms with E-state index >= 15 is 0 Å². The summed E-state index contributed by atoms with van der Waals surface area (Å²) in [6.07, 6.45) is 1.58. The number of piperidine rings is 1. The first-order valence-corrected chi connectivity index (χ1v) is 8.61. The summed E-state index contributed by atoms with van der Waals surface area (Å²) in [6.45, 7) is 0.934. The van der Waals surface area contributed by atoms with Crippen LogP contribution in [0, 0.1) is 27.3 Å². The summed E-state index contributed by atoms with van der Waals surface area (Å²) in [5, 5.41) is 32.6. The van der Waals surface area contributed by atoms with Crippen LogP contribution in [-0.2, 0) is 6.61 Å². The van der Waals surface area contributed by atoms with E-state index in [-0.39, 0.29) is 23.9 Å². The fourth-order valence-electron chi connectivity index (χ4n) is 3.32. The molecule has 1 heterocycles. The molecule has 1 fully saturated rings. The molecule has 0 radical (unpaired) electrons. The summed E-state index contributed by atoms with van der Waals surface area (Å²) in [7, 11) is 0. The van der Waals surface area contributed by atoms with Crippen LogP contribution in [0.4, 0.5) is 21.5 Å². The Hall–Kier alpha value is -3.18. The Labute approximate surface area is 155 Å². The zero-order valence-electron chi connectivity index (χ0n) is 14.6. The fourth-order valence-corrected chi connectivity index (χ4v) is 3.32. The van der Waals surface area contributed by atoms with Gasteiger partial charge in [0, 0.05) is 25.2 Å². The highest BCUT2D eigenvalue weighted by atomic mass is 19.1. The summed E-state index contributed by atoms with van der Waals surface area (Å²) >= 11 is 0. The van der Waals surface area contributed by atoms with Crippen LogP contribution in [0.2, 0.25) is 0 Å². The van der Waals surface area contributed by atoms with Gasteiger partial charge in [0.1, 0.15) is 11.5 Å². The van der Waals surface area contributed by atoms with E-state index in [0.29, 0.717) is 30.0 Å². The first-order valence-electron chi connectivity index (χ1n) is 8.61. The Morgan fingerprint density at radius 3 is 2.85 bits per heavy atom. The van der Waals surface area contributed by atoms with E-state index in [0.717, 1.165) is 12.8 Å². The number of halogens is 1. The second-order valence-corrected chi connectivity index (χ2v) is 6.47. The Morgan fingerprint density at radius 2 is 2.19 bits per heavy atom. The summed E-state index contributed by atoms with van der Waals surface area (Å²) in [6, 6.07) is 10.6. The SMILES string of the molecule is N#Cc1ccc(N2CCCC(Nc3cc(CO)ccc3[N+](=O)[O-])C2)c(F)c1. The van der Waals surface area contributed by atoms with Crippen molar-refractivity contribution in [2.24, 2.45) is 0 Å². The standard InChI is InChI=1S/C19H19FN4O3/c20-16-8-13(10-21)3-5-18(16)23-7-1-2-15(11-23)22-17-9-14(12-25)4-6-19(17)24(26)27/h3-6,8-9,15,22,25H,1-2,7,11-12H2. The number of nitrogens with zero attached hydrogens (tertiary/aromatic N) is 3. The van der Waals surface area contributed by atoms with Crippen molar-refractivity contribution in [1.29, 1.82) is 5.26 Å². The zero-order chi connectivity index (χ0) is 19.4. The normalized spacial score (nSPS) is 16.6. The molecule has 0 bridgehead atoms. The Kier molecular flexibility index (Phi) is 5.52. The molecule has 3 rings (SSSR count). The number of nitriles is 1. The number of aliphatic hydroxyl groups excluding tert-OH is 1. The van der Waals surface area contributed by atoms with Crippen molar-refractivity contribution in [3.05, 3.63) is 63.5 Å². The smallest absolute Gasteiger partial charge is 0.292 e. The lowest BCUT2D eigenvalue weighted by Gasteiger charge is -2.35. The first kappa shape index (κ1) is 18.6. The Bertz CT molecular complexity index is 897. The largest absolute Gasteiger partial charge is 0.392 e. The van der Waals surface area contributed by atoms with Crippen molar-refractivity contribution in [3.8, 4) is 6.07 Å². The molecule has 8 heteroatoms. The van der Waals surface area contributed by atoms with E-state index in [9.17, 15) is 19.6 Å². The van der Waals surface area contributed by atoms with Crippen LogP contribution in [0.25, 0.3) is 0 Å². The van der Waals surface area contributed by atoms with E-state index in [2.05, 4.69) is 5.32 Å². The second kappa shape index (κ2) is 8.01. The van der Waals surface area contributed by atoms with E-state index in [4.69, 9.17) is 5.26 Å². The molecule has 27 heavy (non-hydrogen) atoms. The first-order chi connectivity index (χ1) is 13.0. The molecule has 2 aromatic rings. The maximum atomic E-state index is 14.3. The third-order valence-corrected chi connectivity index (χ3v) is 4.64. The van der Waals surface area contributed by atoms with Gasteiger partial charge in [-0.2, -0.15) is 5.26 Å². The molecule has 1 atom stereocenters. The molecule has 0 amide bonds. The van der Waals surface area contributed by atoms with E-state index < -0.39 is 10.7 Å². The Balaban J connectivity index is 1.80. The minimum absolute atomic E-state index is 0.0612. The van der Waals surface area contributed by atoms with E-state index in [1.54, 1.807) is 18.2 Å². The van der Waals surface area contributed by atoms with Crippen LogP contribution >= 0.6 is 0 Å². The molecule has 0 aliphatic carbocycles. The quantitative estimate of drug-likeness (QED) is 0.619. The lowest BCUT2D eigenvalue weighted by atomic mass is 10.0. The minimum Gasteiger partial charge on any atom is -0.392 e. The molecule has 2 N–H and O–H groups in total. The molecule has 140 valence electrons. The van der Waals surface area contributed by atoms with Gasteiger partial charge in [-0.1, -0.05) is 0 Å². The summed E-state index contributed by atoms with van der Waals surface area (Å²) < 4.78 is 14.3. The van der Waals surface area contributed by atoms with Gasteiger partial charge in [-0.05, 0) is 48.7 Å². The van der Waals surface area contributed by atoms with Crippen LogP contribution in [0.1, 0.15) is 24.0 Å². The van der Waals surface area contributed by atoms with Crippen LogP contribution in [0.15, 0.2) is 36.4 Å². The van der Waals surface area contributed by atoms with E-state index in [1.165, 1.54) is 18.2 Å². The summed E-state index contributed by atoms with van der Waals surface area (Å²) in [4.78, 5) is 12.7. The van der Waals surface area contributed by atoms with Gasteiger partial charge < -0.3 is 15.3 Å². The number of anilines is 2. The number of nitro groups is 1. The van der Waals surface area contributed by atoms with Crippen molar-refractivity contribution < 1.29 is 14.4 Å². The van der Waals surface area contributed by atoms with E-state index in [1.807, 2.05) is 11.0 Å². The molecule has 0 spiro atoms. The number of aliphatic hydroxyl groups is 1. The molecule has 0 saturated carbocycles. The van der Waals surface area contributed by atoms with Crippen molar-refractivity contribution in [3.63, 3.8) is 0 Å². The molecule has 1 aliphatic rings. The predicted molar refractivity (Wildman–Crippen MR) is 99.0 cm³/mol. The van der Waals surface area contributed by atoms with Crippen molar-refractivity contribution in [2.45, 2.75) is 25.5 Å². The maximum Gasteiger partial charge on any atom is 0.292 e. The molecule has 1 saturated heterocycles. The molecular formula is C19H19FN4O3. The van der Waals surface area contributed by atoms with Gasteiger partial charge in [0.15, 0.2) is 0 Å². The minimum atomic E-state index is -0.468. The lowest BCUT2D eigenvalue weighted by molar-refractivity contribution is -0.384. The van der Waals surface area contributed by atoms with Gasteiger partial charge >= 0.3 is 0 Å². The number of hydrogen-bond donors (Lipinski definition) is 2. The van der Waals surface area contributed by atoms with Gasteiger partial charge in [0.25, 0.3) is 5.69 Å². The molecule has 7 nitrogen and oxygen atoms in total. The van der Waals surface area contributed by atoms with Crippen molar-refractivity contribution >= 4 is 17.1 Å². The summed E-state index contributed by atoms with van der Waals surface area (Å²) in [5.41, 5.74) is 1.54. The van der Waals surface area contributed by atoms with Crippen molar-refractivity contribution in [1.82, 2.24) is 0 Å². The highest BCUT2D eigenvalue weighted by Gasteiger charge is 2.24. The number of hydrogen-bond acceptors (Lipinski definition) is 6. The van der Waals surface area contributed by atoms with Crippen LogP contribution in [-0.4, -0.2) is 29.2 Å². The molecule has 1 aliphatic heterocycles. The van der Waals surface area contributed by atoms with Crippen LogP contribution in [0.3, 0.4) is 0 Å². The highest BCUT2D eigenvalue weighted by molar-refractivity contribution is 5.63. The Morgan fingerprint density at radius 1 is 1.37 bits per heavy atom. The third kappa shape index (κ3) is 4.15. The average molecular weight is 370 g/mol. The third-order valence-electron chi connectivity index (χ3n) is 4.64. The predicted octanol–water partition coefficient (Wildman–Crippen LogP) is 3.18. The van der Waals surface area contributed by atoms with Crippen molar-refractivity contribution in [2.75, 3.05) is 23.3 Å². The molecule has 0 aromatic heterocycles. The fraction of sp³-hybridized carbons (Fsp3) is 0.316. The van der Waals surface area contributed by atoms with Gasteiger partial charge in [0.2, 0.25) is 0 Å². The van der Waals surface area contributed by atoms with Crippen LogP contribution in [0.5, 0.6) is 0 Å². The second-order valence-electron chi connectivity index (χ2n) is 6.47. The molecule has 1 unspecified atom stereocenters.